The summed E-state index contributed by atoms with van der Waals surface area (Å²) in [4.78, 5) is 25.6. The standard InChI is InChI=1S/C17H25N3O2/c18-15-8-6-14(7-9-15)10-11-19-16(21)13-20-12-4-2-1-3-5-17(20)22/h6-9H,1-5,10-13,18H2,(H,19,21). The molecule has 1 saturated heterocycles. The zero-order valence-electron chi connectivity index (χ0n) is 13.0. The summed E-state index contributed by atoms with van der Waals surface area (Å²) < 4.78 is 0. The normalized spacial score (nSPS) is 16.0. The van der Waals surface area contributed by atoms with E-state index < -0.39 is 0 Å². The number of benzene rings is 1. The maximum Gasteiger partial charge on any atom is 0.239 e. The second-order valence-electron chi connectivity index (χ2n) is 5.82. The highest BCUT2D eigenvalue weighted by molar-refractivity contribution is 5.84. The molecule has 1 heterocycles. The Morgan fingerprint density at radius 2 is 1.86 bits per heavy atom. The third kappa shape index (κ3) is 5.39. The van der Waals surface area contributed by atoms with Gasteiger partial charge in [0.15, 0.2) is 0 Å². The molecule has 22 heavy (non-hydrogen) atoms. The van der Waals surface area contributed by atoms with Gasteiger partial charge in [0.25, 0.3) is 0 Å². The molecule has 0 atom stereocenters. The van der Waals surface area contributed by atoms with Gasteiger partial charge in [-0.25, -0.2) is 0 Å². The van der Waals surface area contributed by atoms with Gasteiger partial charge < -0.3 is 16.0 Å². The molecule has 5 nitrogen and oxygen atoms in total. The van der Waals surface area contributed by atoms with Crippen LogP contribution in [0.4, 0.5) is 5.69 Å². The molecule has 1 aliphatic rings. The molecule has 0 unspecified atom stereocenters. The molecule has 3 N–H and O–H groups in total. The molecule has 120 valence electrons. The van der Waals surface area contributed by atoms with Gasteiger partial charge in [0.05, 0.1) is 6.54 Å². The predicted octanol–water partition coefficient (Wildman–Crippen LogP) is 1.72. The summed E-state index contributed by atoms with van der Waals surface area (Å²) in [6.45, 7) is 1.45. The molecule has 0 bridgehead atoms. The molecule has 5 heteroatoms. The third-order valence-corrected chi connectivity index (χ3v) is 3.97. The number of likely N-dealkylation sites (tertiary alicyclic amines) is 1. The lowest BCUT2D eigenvalue weighted by Crippen LogP contribution is -2.42. The van der Waals surface area contributed by atoms with Crippen molar-refractivity contribution < 1.29 is 9.59 Å². The molecule has 2 amide bonds. The Morgan fingerprint density at radius 1 is 1.14 bits per heavy atom. The Labute approximate surface area is 131 Å². The van der Waals surface area contributed by atoms with Crippen molar-refractivity contribution in [3.8, 4) is 0 Å². The number of nitrogen functional groups attached to an aromatic ring is 1. The van der Waals surface area contributed by atoms with Gasteiger partial charge in [-0.15, -0.1) is 0 Å². The molecule has 0 aliphatic carbocycles. The van der Waals surface area contributed by atoms with Gasteiger partial charge in [0.1, 0.15) is 0 Å². The van der Waals surface area contributed by atoms with Crippen LogP contribution < -0.4 is 11.1 Å². The zero-order valence-corrected chi connectivity index (χ0v) is 13.0. The zero-order chi connectivity index (χ0) is 15.8. The molecule has 0 spiro atoms. The molecule has 0 aromatic heterocycles. The summed E-state index contributed by atoms with van der Waals surface area (Å²) in [5.41, 5.74) is 7.51. The van der Waals surface area contributed by atoms with E-state index in [1.807, 2.05) is 24.3 Å². The van der Waals surface area contributed by atoms with Gasteiger partial charge in [-0.3, -0.25) is 9.59 Å². The monoisotopic (exact) mass is 303 g/mol. The van der Waals surface area contributed by atoms with Crippen LogP contribution in [-0.2, 0) is 16.0 Å². The Hall–Kier alpha value is -2.04. The van der Waals surface area contributed by atoms with Crippen molar-refractivity contribution in [3.63, 3.8) is 0 Å². The summed E-state index contributed by atoms with van der Waals surface area (Å²) >= 11 is 0. The van der Waals surface area contributed by atoms with E-state index in [1.165, 1.54) is 0 Å². The summed E-state index contributed by atoms with van der Waals surface area (Å²) in [6, 6.07) is 7.64. The molecule has 1 aliphatic heterocycles. The SMILES string of the molecule is Nc1ccc(CCNC(=O)CN2CCCCCCC2=O)cc1. The van der Waals surface area contributed by atoms with Gasteiger partial charge in [-0.1, -0.05) is 25.0 Å². The maximum absolute atomic E-state index is 12.0. The molecular weight excluding hydrogens is 278 g/mol. The van der Waals surface area contributed by atoms with Crippen LogP contribution in [0.1, 0.15) is 37.7 Å². The van der Waals surface area contributed by atoms with Crippen molar-refractivity contribution in [2.75, 3.05) is 25.4 Å². The average Bonchev–Trinajstić information content (AvgIpc) is 2.49. The maximum atomic E-state index is 12.0. The van der Waals surface area contributed by atoms with Crippen LogP contribution in [-0.4, -0.2) is 36.3 Å². The first-order chi connectivity index (χ1) is 10.6. The van der Waals surface area contributed by atoms with Crippen molar-refractivity contribution in [3.05, 3.63) is 29.8 Å². The van der Waals surface area contributed by atoms with Crippen LogP contribution in [0.15, 0.2) is 24.3 Å². The minimum atomic E-state index is -0.0793. The highest BCUT2D eigenvalue weighted by Gasteiger charge is 2.17. The van der Waals surface area contributed by atoms with E-state index in [0.29, 0.717) is 19.5 Å². The predicted molar refractivity (Wildman–Crippen MR) is 87.2 cm³/mol. The van der Waals surface area contributed by atoms with Crippen LogP contribution in [0.5, 0.6) is 0 Å². The second-order valence-corrected chi connectivity index (χ2v) is 5.82. The largest absolute Gasteiger partial charge is 0.399 e. The fourth-order valence-electron chi connectivity index (χ4n) is 2.64. The number of nitrogens with one attached hydrogen (secondary N) is 1. The van der Waals surface area contributed by atoms with Crippen LogP contribution in [0.2, 0.25) is 0 Å². The molecular formula is C17H25N3O2. The average molecular weight is 303 g/mol. The summed E-state index contributed by atoms with van der Waals surface area (Å²) in [5.74, 6) is 0.0257. The third-order valence-electron chi connectivity index (χ3n) is 3.97. The minimum absolute atomic E-state index is 0.0793. The number of rotatable bonds is 5. The summed E-state index contributed by atoms with van der Waals surface area (Å²) in [6.07, 6.45) is 5.52. The highest BCUT2D eigenvalue weighted by atomic mass is 16.2. The molecule has 1 aromatic rings. The van der Waals surface area contributed by atoms with Crippen LogP contribution in [0.25, 0.3) is 0 Å². The van der Waals surface area contributed by atoms with Gasteiger partial charge >= 0.3 is 0 Å². The Bertz CT molecular complexity index is 499. The van der Waals surface area contributed by atoms with Gasteiger partial charge in [-0.2, -0.15) is 0 Å². The van der Waals surface area contributed by atoms with Crippen LogP contribution in [0, 0.1) is 0 Å². The van der Waals surface area contributed by atoms with Crippen molar-refractivity contribution in [2.24, 2.45) is 0 Å². The van der Waals surface area contributed by atoms with E-state index in [4.69, 9.17) is 5.73 Å². The van der Waals surface area contributed by atoms with E-state index in [0.717, 1.165) is 43.4 Å². The quantitative estimate of drug-likeness (QED) is 0.813. The summed E-state index contributed by atoms with van der Waals surface area (Å²) in [7, 11) is 0. The fourth-order valence-corrected chi connectivity index (χ4v) is 2.64. The Kier molecular flexibility index (Phi) is 6.25. The topological polar surface area (TPSA) is 75.4 Å². The number of nitrogens with two attached hydrogens (primary N) is 1. The van der Waals surface area contributed by atoms with E-state index in [-0.39, 0.29) is 18.4 Å². The van der Waals surface area contributed by atoms with Crippen molar-refractivity contribution in [1.82, 2.24) is 10.2 Å². The first kappa shape index (κ1) is 16.3. The lowest BCUT2D eigenvalue weighted by Gasteiger charge is -2.24. The number of hydrogen-bond donors (Lipinski definition) is 2. The van der Waals surface area contributed by atoms with Crippen LogP contribution >= 0.6 is 0 Å². The van der Waals surface area contributed by atoms with Crippen LogP contribution in [0.3, 0.4) is 0 Å². The second kappa shape index (κ2) is 8.41. The van der Waals surface area contributed by atoms with Crippen molar-refractivity contribution in [2.45, 2.75) is 38.5 Å². The van der Waals surface area contributed by atoms with Crippen molar-refractivity contribution >= 4 is 17.5 Å². The lowest BCUT2D eigenvalue weighted by atomic mass is 10.1. The number of nitrogens with zero attached hydrogens (tertiary/aromatic N) is 1. The number of anilines is 1. The molecule has 2 rings (SSSR count). The highest BCUT2D eigenvalue weighted by Crippen LogP contribution is 2.11. The van der Waals surface area contributed by atoms with Gasteiger partial charge in [0, 0.05) is 25.2 Å². The Morgan fingerprint density at radius 3 is 2.64 bits per heavy atom. The number of carbonyl (C=O) groups excluding carboxylic acids is 2. The van der Waals surface area contributed by atoms with E-state index in [9.17, 15) is 9.59 Å². The summed E-state index contributed by atoms with van der Waals surface area (Å²) in [5, 5.41) is 2.89. The van der Waals surface area contributed by atoms with E-state index in [2.05, 4.69) is 5.32 Å². The minimum Gasteiger partial charge on any atom is -0.399 e. The molecule has 0 saturated carbocycles. The molecule has 1 fully saturated rings. The van der Waals surface area contributed by atoms with E-state index in [1.54, 1.807) is 4.90 Å². The number of amides is 2. The van der Waals surface area contributed by atoms with Crippen molar-refractivity contribution in [1.29, 1.82) is 0 Å². The van der Waals surface area contributed by atoms with Gasteiger partial charge in [-0.05, 0) is 37.0 Å². The van der Waals surface area contributed by atoms with Gasteiger partial charge in [0.2, 0.25) is 11.8 Å². The Balaban J connectivity index is 1.72. The van der Waals surface area contributed by atoms with E-state index >= 15 is 0 Å². The number of carbonyl (C=O) groups is 2. The first-order valence-electron chi connectivity index (χ1n) is 8.04. The molecule has 1 aromatic carbocycles. The first-order valence-corrected chi connectivity index (χ1v) is 8.04. The smallest absolute Gasteiger partial charge is 0.239 e. The lowest BCUT2D eigenvalue weighted by molar-refractivity contribution is -0.136. The fraction of sp³-hybridized carbons (Fsp3) is 0.529. The number of hydrogen-bond acceptors (Lipinski definition) is 3. The molecule has 0 radical (unpaired) electrons.